The molecule has 0 spiro atoms. The van der Waals surface area contributed by atoms with Gasteiger partial charge in [-0.15, -0.1) is 0 Å². The molecule has 2 nitrogen and oxygen atoms in total. The van der Waals surface area contributed by atoms with Crippen molar-refractivity contribution in [2.24, 2.45) is 11.8 Å². The number of fused-ring (bicyclic) bond motifs is 1. The maximum Gasteiger partial charge on any atom is 0.0328 e. The number of likely N-dealkylation sites (tertiary alicyclic amines) is 1. The van der Waals surface area contributed by atoms with E-state index in [4.69, 9.17) is 0 Å². The molecule has 0 saturated carbocycles. The first-order valence-electron chi connectivity index (χ1n) is 7.55. The van der Waals surface area contributed by atoms with Crippen LogP contribution < -0.4 is 5.32 Å². The topological polar surface area (TPSA) is 15.3 Å². The van der Waals surface area contributed by atoms with Crippen LogP contribution in [0, 0.1) is 18.8 Å². The Morgan fingerprint density at radius 3 is 2.68 bits per heavy atom. The normalized spacial score (nSPS) is 31.4. The summed E-state index contributed by atoms with van der Waals surface area (Å²) >= 11 is 0. The molecule has 104 valence electrons. The molecule has 3 unspecified atom stereocenters. The van der Waals surface area contributed by atoms with Crippen molar-refractivity contribution < 1.29 is 0 Å². The third-order valence-electron chi connectivity index (χ3n) is 5.52. The van der Waals surface area contributed by atoms with Gasteiger partial charge in [-0.3, -0.25) is 4.90 Å². The van der Waals surface area contributed by atoms with Gasteiger partial charge in [0.1, 0.15) is 0 Å². The van der Waals surface area contributed by atoms with Crippen LogP contribution in [0.15, 0.2) is 24.3 Å². The van der Waals surface area contributed by atoms with Crippen molar-refractivity contribution >= 4 is 0 Å². The second-order valence-electron chi connectivity index (χ2n) is 6.86. The summed E-state index contributed by atoms with van der Waals surface area (Å²) in [4.78, 5) is 2.73. The number of benzene rings is 1. The molecule has 3 rings (SSSR count). The van der Waals surface area contributed by atoms with Gasteiger partial charge >= 0.3 is 0 Å². The van der Waals surface area contributed by atoms with Crippen molar-refractivity contribution in [3.63, 3.8) is 0 Å². The average Bonchev–Trinajstić information content (AvgIpc) is 2.92. The maximum atomic E-state index is 3.56. The lowest BCUT2D eigenvalue weighted by Crippen LogP contribution is -2.45. The van der Waals surface area contributed by atoms with Crippen LogP contribution in [-0.2, 0) is 0 Å². The van der Waals surface area contributed by atoms with Crippen molar-refractivity contribution in [1.29, 1.82) is 0 Å². The molecule has 2 heterocycles. The van der Waals surface area contributed by atoms with Gasteiger partial charge < -0.3 is 5.32 Å². The molecule has 19 heavy (non-hydrogen) atoms. The van der Waals surface area contributed by atoms with Gasteiger partial charge in [-0.2, -0.15) is 0 Å². The Balaban J connectivity index is 1.89. The lowest BCUT2D eigenvalue weighted by atomic mass is 9.84. The Hall–Kier alpha value is -0.860. The van der Waals surface area contributed by atoms with E-state index in [-0.39, 0.29) is 0 Å². The van der Waals surface area contributed by atoms with Gasteiger partial charge in [-0.25, -0.2) is 0 Å². The standard InChI is InChI=1S/C17H26N2/c1-12-7-5-6-8-15(12)13(2)19-11-14-9-18-10-16(14)17(19,3)4/h5-8,13-14,16,18H,9-11H2,1-4H3. The van der Waals surface area contributed by atoms with E-state index in [1.807, 2.05) is 0 Å². The van der Waals surface area contributed by atoms with Crippen molar-refractivity contribution in [3.05, 3.63) is 35.4 Å². The molecule has 0 aliphatic carbocycles. The summed E-state index contributed by atoms with van der Waals surface area (Å²) in [5, 5.41) is 3.56. The highest BCUT2D eigenvalue weighted by Crippen LogP contribution is 2.45. The summed E-state index contributed by atoms with van der Waals surface area (Å²) < 4.78 is 0. The minimum Gasteiger partial charge on any atom is -0.316 e. The quantitative estimate of drug-likeness (QED) is 0.877. The second kappa shape index (κ2) is 4.60. The molecule has 1 aromatic rings. The second-order valence-corrected chi connectivity index (χ2v) is 6.86. The van der Waals surface area contributed by atoms with Crippen molar-refractivity contribution in [1.82, 2.24) is 10.2 Å². The SMILES string of the molecule is Cc1ccccc1C(C)N1CC2CNCC2C1(C)C. The predicted octanol–water partition coefficient (Wildman–Crippen LogP) is 2.99. The zero-order valence-corrected chi connectivity index (χ0v) is 12.6. The Morgan fingerprint density at radius 2 is 2.00 bits per heavy atom. The molecule has 3 atom stereocenters. The first-order valence-corrected chi connectivity index (χ1v) is 7.55. The average molecular weight is 258 g/mol. The molecular formula is C17H26N2. The van der Waals surface area contributed by atoms with E-state index >= 15 is 0 Å². The smallest absolute Gasteiger partial charge is 0.0328 e. The number of hydrogen-bond acceptors (Lipinski definition) is 2. The van der Waals surface area contributed by atoms with E-state index in [1.54, 1.807) is 0 Å². The van der Waals surface area contributed by atoms with Gasteiger partial charge in [0.15, 0.2) is 0 Å². The summed E-state index contributed by atoms with van der Waals surface area (Å²) in [5.41, 5.74) is 3.21. The van der Waals surface area contributed by atoms with E-state index in [2.05, 4.69) is 62.2 Å². The van der Waals surface area contributed by atoms with Crippen molar-refractivity contribution in [3.8, 4) is 0 Å². The summed E-state index contributed by atoms with van der Waals surface area (Å²) in [7, 11) is 0. The highest BCUT2D eigenvalue weighted by Gasteiger charge is 2.50. The third kappa shape index (κ3) is 2.02. The number of nitrogens with zero attached hydrogens (tertiary/aromatic N) is 1. The fraction of sp³-hybridized carbons (Fsp3) is 0.647. The lowest BCUT2D eigenvalue weighted by molar-refractivity contribution is 0.0968. The summed E-state index contributed by atoms with van der Waals surface area (Å²) in [6, 6.07) is 9.35. The fourth-order valence-corrected chi connectivity index (χ4v) is 4.33. The Morgan fingerprint density at radius 1 is 1.26 bits per heavy atom. The molecule has 2 aliphatic heterocycles. The number of aryl methyl sites for hydroxylation is 1. The summed E-state index contributed by atoms with van der Waals surface area (Å²) in [5.74, 6) is 1.64. The molecule has 0 aromatic heterocycles. The van der Waals surface area contributed by atoms with Crippen LogP contribution in [-0.4, -0.2) is 30.1 Å². The van der Waals surface area contributed by atoms with Gasteiger partial charge in [0, 0.05) is 24.7 Å². The Kier molecular flexibility index (Phi) is 3.18. The highest BCUT2D eigenvalue weighted by molar-refractivity contribution is 5.29. The van der Waals surface area contributed by atoms with Crippen LogP contribution in [0.3, 0.4) is 0 Å². The fourth-order valence-electron chi connectivity index (χ4n) is 4.33. The first-order chi connectivity index (χ1) is 9.01. The molecular weight excluding hydrogens is 232 g/mol. The van der Waals surface area contributed by atoms with Crippen LogP contribution >= 0.6 is 0 Å². The maximum absolute atomic E-state index is 3.56. The number of nitrogens with one attached hydrogen (secondary N) is 1. The largest absolute Gasteiger partial charge is 0.316 e. The summed E-state index contributed by atoms with van der Waals surface area (Å²) in [6.07, 6.45) is 0. The number of rotatable bonds is 2. The molecule has 2 saturated heterocycles. The summed E-state index contributed by atoms with van der Waals surface area (Å²) in [6.45, 7) is 13.1. The Bertz CT molecular complexity index is 466. The monoisotopic (exact) mass is 258 g/mol. The minimum atomic E-state index is 0.301. The molecule has 0 amide bonds. The molecule has 1 aromatic carbocycles. The third-order valence-corrected chi connectivity index (χ3v) is 5.52. The van der Waals surface area contributed by atoms with E-state index in [9.17, 15) is 0 Å². The zero-order valence-electron chi connectivity index (χ0n) is 12.6. The van der Waals surface area contributed by atoms with E-state index in [0.717, 1.165) is 11.8 Å². The first kappa shape index (κ1) is 13.1. The molecule has 2 aliphatic rings. The molecule has 0 radical (unpaired) electrons. The van der Waals surface area contributed by atoms with Gasteiger partial charge in [0.2, 0.25) is 0 Å². The molecule has 2 fully saturated rings. The van der Waals surface area contributed by atoms with Crippen LogP contribution in [0.5, 0.6) is 0 Å². The van der Waals surface area contributed by atoms with E-state index < -0.39 is 0 Å². The Labute approximate surface area is 117 Å². The minimum absolute atomic E-state index is 0.301. The van der Waals surface area contributed by atoms with Crippen LogP contribution in [0.2, 0.25) is 0 Å². The highest BCUT2D eigenvalue weighted by atomic mass is 15.3. The predicted molar refractivity (Wildman–Crippen MR) is 80.2 cm³/mol. The zero-order chi connectivity index (χ0) is 13.6. The van der Waals surface area contributed by atoms with Gasteiger partial charge in [-0.1, -0.05) is 24.3 Å². The molecule has 0 bridgehead atoms. The van der Waals surface area contributed by atoms with Crippen molar-refractivity contribution in [2.75, 3.05) is 19.6 Å². The van der Waals surface area contributed by atoms with Crippen LogP contribution in [0.4, 0.5) is 0 Å². The number of hydrogen-bond donors (Lipinski definition) is 1. The van der Waals surface area contributed by atoms with Gasteiger partial charge in [0.25, 0.3) is 0 Å². The van der Waals surface area contributed by atoms with Crippen molar-refractivity contribution in [2.45, 2.75) is 39.3 Å². The van der Waals surface area contributed by atoms with Gasteiger partial charge in [-0.05, 0) is 57.2 Å². The molecule has 2 heteroatoms. The van der Waals surface area contributed by atoms with Gasteiger partial charge in [0.05, 0.1) is 0 Å². The van der Waals surface area contributed by atoms with Crippen LogP contribution in [0.1, 0.15) is 37.9 Å². The lowest BCUT2D eigenvalue weighted by Gasteiger charge is -2.40. The van der Waals surface area contributed by atoms with E-state index in [1.165, 1.54) is 30.8 Å². The van der Waals surface area contributed by atoms with Crippen LogP contribution in [0.25, 0.3) is 0 Å². The molecule has 1 N–H and O–H groups in total. The van der Waals surface area contributed by atoms with E-state index in [0.29, 0.717) is 11.6 Å².